The number of aromatic nitrogens is 1. The highest BCUT2D eigenvalue weighted by Gasteiger charge is 2.26. The molecule has 0 atom stereocenters. The van der Waals surface area contributed by atoms with E-state index in [1.54, 1.807) is 6.21 Å². The maximum atomic E-state index is 11.5. The first-order valence-electron chi connectivity index (χ1n) is 6.86. The van der Waals surface area contributed by atoms with E-state index in [0.29, 0.717) is 0 Å². The van der Waals surface area contributed by atoms with E-state index in [4.69, 9.17) is 0 Å². The first-order valence-corrected chi connectivity index (χ1v) is 6.86. The topological polar surface area (TPSA) is 86.3 Å². The smallest absolute Gasteiger partial charge is 0.329 e. The number of rotatable bonds is 3. The molecule has 6 heteroatoms. The van der Waals surface area contributed by atoms with Gasteiger partial charge >= 0.3 is 11.8 Å². The molecular formula is C15H16N4O2. The van der Waals surface area contributed by atoms with Crippen molar-refractivity contribution in [2.45, 2.75) is 25.8 Å². The zero-order chi connectivity index (χ0) is 14.8. The van der Waals surface area contributed by atoms with Crippen LogP contribution in [0.4, 0.5) is 0 Å². The Morgan fingerprint density at radius 1 is 1.29 bits per heavy atom. The fourth-order valence-corrected chi connectivity index (χ4v) is 2.15. The van der Waals surface area contributed by atoms with Gasteiger partial charge in [-0.3, -0.25) is 9.59 Å². The number of aromatic amines is 1. The summed E-state index contributed by atoms with van der Waals surface area (Å²) in [6.45, 7) is 1.93. The summed E-state index contributed by atoms with van der Waals surface area (Å²) < 4.78 is 0. The van der Waals surface area contributed by atoms with Crippen molar-refractivity contribution >= 4 is 28.9 Å². The highest BCUT2D eigenvalue weighted by Crippen LogP contribution is 2.20. The van der Waals surface area contributed by atoms with Gasteiger partial charge in [-0.2, -0.15) is 5.10 Å². The number of nitrogens with one attached hydrogen (secondary N) is 3. The third-order valence-corrected chi connectivity index (χ3v) is 3.42. The number of fused-ring (bicyclic) bond motifs is 1. The molecule has 1 aromatic heterocycles. The Morgan fingerprint density at radius 2 is 2.05 bits per heavy atom. The van der Waals surface area contributed by atoms with Gasteiger partial charge in [-0.15, -0.1) is 0 Å². The summed E-state index contributed by atoms with van der Waals surface area (Å²) in [4.78, 5) is 26.2. The Morgan fingerprint density at radius 3 is 2.81 bits per heavy atom. The van der Waals surface area contributed by atoms with E-state index in [1.807, 2.05) is 31.2 Å². The van der Waals surface area contributed by atoms with Gasteiger partial charge in [0.1, 0.15) is 0 Å². The Hall–Kier alpha value is -2.63. The normalized spacial score (nSPS) is 14.5. The predicted molar refractivity (Wildman–Crippen MR) is 79.9 cm³/mol. The van der Waals surface area contributed by atoms with Gasteiger partial charge in [0.05, 0.1) is 6.21 Å². The van der Waals surface area contributed by atoms with E-state index in [0.717, 1.165) is 35.0 Å². The van der Waals surface area contributed by atoms with Crippen LogP contribution in [0.2, 0.25) is 0 Å². The molecule has 6 nitrogen and oxygen atoms in total. The minimum atomic E-state index is -0.740. The quantitative estimate of drug-likeness (QED) is 0.449. The lowest BCUT2D eigenvalue weighted by atomic mass is 10.1. The number of aryl methyl sites for hydroxylation is 1. The van der Waals surface area contributed by atoms with Gasteiger partial charge in [0, 0.05) is 28.2 Å². The molecule has 1 aliphatic rings. The van der Waals surface area contributed by atoms with Crippen molar-refractivity contribution in [2.75, 3.05) is 0 Å². The molecule has 0 aliphatic heterocycles. The van der Waals surface area contributed by atoms with Gasteiger partial charge in [0.15, 0.2) is 0 Å². The fraction of sp³-hybridized carbons (Fsp3) is 0.267. The van der Waals surface area contributed by atoms with Crippen LogP contribution in [0.15, 0.2) is 29.4 Å². The summed E-state index contributed by atoms with van der Waals surface area (Å²) in [6, 6.07) is 7.99. The SMILES string of the molecule is Cc1[nH]c2ccccc2c1/C=N/NC(=O)C(=O)NC1CC1. The van der Waals surface area contributed by atoms with Crippen LogP contribution in [0.1, 0.15) is 24.1 Å². The van der Waals surface area contributed by atoms with E-state index < -0.39 is 11.8 Å². The number of carbonyl (C=O) groups excluding carboxylic acids is 2. The fourth-order valence-electron chi connectivity index (χ4n) is 2.15. The number of amides is 2. The number of benzene rings is 1. The number of H-pyrrole nitrogens is 1. The molecule has 0 radical (unpaired) electrons. The zero-order valence-corrected chi connectivity index (χ0v) is 11.6. The summed E-state index contributed by atoms with van der Waals surface area (Å²) in [5.41, 5.74) is 5.11. The van der Waals surface area contributed by atoms with Crippen molar-refractivity contribution in [1.82, 2.24) is 15.7 Å². The second kappa shape index (κ2) is 5.40. The lowest BCUT2D eigenvalue weighted by molar-refractivity contribution is -0.139. The molecule has 2 aromatic rings. The molecule has 0 spiro atoms. The molecule has 0 saturated heterocycles. The molecule has 3 N–H and O–H groups in total. The Kier molecular flexibility index (Phi) is 3.43. The lowest BCUT2D eigenvalue weighted by Crippen LogP contribution is -2.38. The van der Waals surface area contributed by atoms with Gasteiger partial charge in [0.2, 0.25) is 0 Å². The highest BCUT2D eigenvalue weighted by molar-refractivity contribution is 6.35. The van der Waals surface area contributed by atoms with Crippen LogP contribution in [-0.2, 0) is 9.59 Å². The zero-order valence-electron chi connectivity index (χ0n) is 11.6. The van der Waals surface area contributed by atoms with Gasteiger partial charge in [-0.05, 0) is 25.8 Å². The third kappa shape index (κ3) is 2.94. The van der Waals surface area contributed by atoms with Crippen LogP contribution in [0, 0.1) is 6.92 Å². The summed E-state index contributed by atoms with van der Waals surface area (Å²) in [5, 5.41) is 7.50. The Bertz CT molecular complexity index is 728. The number of hydrogen-bond acceptors (Lipinski definition) is 3. The van der Waals surface area contributed by atoms with Crippen molar-refractivity contribution < 1.29 is 9.59 Å². The van der Waals surface area contributed by atoms with E-state index in [9.17, 15) is 9.59 Å². The number of nitrogens with zero attached hydrogens (tertiary/aromatic N) is 1. The first-order chi connectivity index (χ1) is 10.1. The number of para-hydroxylation sites is 1. The first kappa shape index (κ1) is 13.4. The summed E-state index contributed by atoms with van der Waals surface area (Å²) >= 11 is 0. The molecule has 108 valence electrons. The summed E-state index contributed by atoms with van der Waals surface area (Å²) in [6.07, 6.45) is 3.43. The van der Waals surface area contributed by atoms with Crippen molar-refractivity contribution in [1.29, 1.82) is 0 Å². The highest BCUT2D eigenvalue weighted by atomic mass is 16.2. The predicted octanol–water partition coefficient (Wildman–Crippen LogP) is 1.21. The molecule has 21 heavy (non-hydrogen) atoms. The average Bonchev–Trinajstić information content (AvgIpc) is 3.22. The molecule has 1 saturated carbocycles. The standard InChI is InChI=1S/C15H16N4O2/c1-9-12(11-4-2-3-5-13(11)17-9)8-16-19-15(21)14(20)18-10-6-7-10/h2-5,8,10,17H,6-7H2,1H3,(H,18,20)(H,19,21)/b16-8+. The van der Waals surface area contributed by atoms with E-state index in [-0.39, 0.29) is 6.04 Å². The average molecular weight is 284 g/mol. The summed E-state index contributed by atoms with van der Waals surface area (Å²) in [7, 11) is 0. The van der Waals surface area contributed by atoms with Crippen LogP contribution >= 0.6 is 0 Å². The van der Waals surface area contributed by atoms with Gasteiger partial charge < -0.3 is 10.3 Å². The van der Waals surface area contributed by atoms with Crippen LogP contribution in [-0.4, -0.2) is 29.1 Å². The number of carbonyl (C=O) groups is 2. The van der Waals surface area contributed by atoms with Crippen LogP contribution in [0.25, 0.3) is 10.9 Å². The van der Waals surface area contributed by atoms with E-state index >= 15 is 0 Å². The molecular weight excluding hydrogens is 268 g/mol. The van der Waals surface area contributed by atoms with E-state index in [2.05, 4.69) is 20.8 Å². The van der Waals surface area contributed by atoms with Crippen molar-refractivity contribution in [3.63, 3.8) is 0 Å². The number of hydrogen-bond donors (Lipinski definition) is 3. The maximum absolute atomic E-state index is 11.5. The molecule has 1 aromatic carbocycles. The Labute approximate surface area is 121 Å². The maximum Gasteiger partial charge on any atom is 0.329 e. The largest absolute Gasteiger partial charge is 0.358 e. The minimum absolute atomic E-state index is 0.156. The summed E-state index contributed by atoms with van der Waals surface area (Å²) in [5.74, 6) is -1.37. The molecule has 1 heterocycles. The molecule has 2 amide bonds. The van der Waals surface area contributed by atoms with Crippen molar-refractivity contribution in [2.24, 2.45) is 5.10 Å². The lowest BCUT2D eigenvalue weighted by Gasteiger charge is -2.00. The van der Waals surface area contributed by atoms with Gasteiger partial charge in [0.25, 0.3) is 0 Å². The van der Waals surface area contributed by atoms with Crippen LogP contribution in [0.3, 0.4) is 0 Å². The van der Waals surface area contributed by atoms with Crippen LogP contribution in [0.5, 0.6) is 0 Å². The van der Waals surface area contributed by atoms with Gasteiger partial charge in [-0.25, -0.2) is 5.43 Å². The molecule has 1 fully saturated rings. The Balaban J connectivity index is 1.68. The molecule has 0 bridgehead atoms. The van der Waals surface area contributed by atoms with Crippen molar-refractivity contribution in [3.05, 3.63) is 35.5 Å². The van der Waals surface area contributed by atoms with E-state index in [1.165, 1.54) is 0 Å². The second-order valence-electron chi connectivity index (χ2n) is 5.16. The third-order valence-electron chi connectivity index (χ3n) is 3.42. The van der Waals surface area contributed by atoms with Crippen LogP contribution < -0.4 is 10.7 Å². The molecule has 1 aliphatic carbocycles. The second-order valence-corrected chi connectivity index (χ2v) is 5.16. The van der Waals surface area contributed by atoms with Crippen molar-refractivity contribution in [3.8, 4) is 0 Å². The molecule has 0 unspecified atom stereocenters. The minimum Gasteiger partial charge on any atom is -0.358 e. The number of hydrazone groups is 1. The van der Waals surface area contributed by atoms with Gasteiger partial charge in [-0.1, -0.05) is 18.2 Å². The monoisotopic (exact) mass is 284 g/mol. The molecule has 3 rings (SSSR count).